The van der Waals surface area contributed by atoms with E-state index in [0.717, 1.165) is 41.5 Å². The molecule has 0 radical (unpaired) electrons. The molecule has 7 rings (SSSR count). The fourth-order valence-corrected chi connectivity index (χ4v) is 6.12. The molecule has 2 N–H and O–H groups in total. The number of likely N-dealkylation sites (tertiary alicyclic amines) is 1. The Labute approximate surface area is 253 Å². The van der Waals surface area contributed by atoms with E-state index in [2.05, 4.69) is 30.2 Å². The van der Waals surface area contributed by atoms with E-state index in [4.69, 9.17) is 5.10 Å². The highest BCUT2D eigenvalue weighted by molar-refractivity contribution is 5.91. The summed E-state index contributed by atoms with van der Waals surface area (Å²) in [4.78, 5) is 20.5. The smallest absolute Gasteiger partial charge is 0.320 e. The predicted octanol–water partition coefficient (Wildman–Crippen LogP) is 5.18. The molecule has 0 spiro atoms. The van der Waals surface area contributed by atoms with Gasteiger partial charge in [-0.25, -0.2) is 23.2 Å². The summed E-state index contributed by atoms with van der Waals surface area (Å²) >= 11 is 0. The summed E-state index contributed by atoms with van der Waals surface area (Å²) in [5.74, 6) is -0.568. The molecule has 1 aliphatic heterocycles. The molecule has 2 amide bonds. The van der Waals surface area contributed by atoms with Crippen LogP contribution in [0.1, 0.15) is 41.8 Å². The Morgan fingerprint density at radius 1 is 1.07 bits per heavy atom. The van der Waals surface area contributed by atoms with Crippen LogP contribution >= 0.6 is 0 Å². The highest BCUT2D eigenvalue weighted by Crippen LogP contribution is 2.37. The number of aryl methyl sites for hydroxylation is 1. The summed E-state index contributed by atoms with van der Waals surface area (Å²) in [7, 11) is 1.84. The number of aromatic nitrogens is 6. The molecule has 44 heavy (non-hydrogen) atoms. The van der Waals surface area contributed by atoms with Gasteiger partial charge < -0.3 is 9.88 Å². The summed E-state index contributed by atoms with van der Waals surface area (Å²) in [5, 5.41) is 15.3. The molecule has 3 aromatic heterocycles. The van der Waals surface area contributed by atoms with Gasteiger partial charge in [-0.3, -0.25) is 14.9 Å². The van der Waals surface area contributed by atoms with Gasteiger partial charge in [0.15, 0.2) is 11.6 Å². The van der Waals surface area contributed by atoms with E-state index in [-0.39, 0.29) is 12.0 Å². The molecule has 4 heterocycles. The van der Waals surface area contributed by atoms with E-state index in [0.29, 0.717) is 42.8 Å². The molecule has 2 aromatic carbocycles. The lowest BCUT2D eigenvalue weighted by atomic mass is 9.94. The summed E-state index contributed by atoms with van der Waals surface area (Å²) in [6.45, 7) is 3.58. The van der Waals surface area contributed by atoms with Crippen molar-refractivity contribution in [2.24, 2.45) is 7.05 Å². The van der Waals surface area contributed by atoms with Crippen LogP contribution in [0.25, 0.3) is 16.9 Å². The normalized spacial score (nSPS) is 18.5. The van der Waals surface area contributed by atoms with E-state index in [1.807, 2.05) is 62.9 Å². The number of hydrogen-bond acceptors (Lipinski definition) is 5. The van der Waals surface area contributed by atoms with Gasteiger partial charge in [-0.2, -0.15) is 10.2 Å². The van der Waals surface area contributed by atoms with E-state index in [1.54, 1.807) is 21.6 Å². The summed E-state index contributed by atoms with van der Waals surface area (Å²) in [6, 6.07) is 13.3. The maximum Gasteiger partial charge on any atom is 0.320 e. The van der Waals surface area contributed by atoms with Crippen LogP contribution in [0.5, 0.6) is 0 Å². The molecule has 1 saturated carbocycles. The van der Waals surface area contributed by atoms with Gasteiger partial charge in [-0.05, 0) is 49.6 Å². The SMILES string of the molecule is Cc1c(-c2cnn(C)c2)nn(-c2ccccc2)c1NC(=O)N[C@@H]1CN(Cc2nccn2C2CC2)C[C@H]1c1ccc(F)c(F)c1. The highest BCUT2D eigenvalue weighted by atomic mass is 19.2. The molecular weight excluding hydrogens is 564 g/mol. The quantitative estimate of drug-likeness (QED) is 0.257. The Bertz CT molecular complexity index is 1810. The fourth-order valence-electron chi connectivity index (χ4n) is 6.12. The second kappa shape index (κ2) is 11.3. The van der Waals surface area contributed by atoms with E-state index < -0.39 is 17.7 Å². The first-order chi connectivity index (χ1) is 21.3. The number of benzene rings is 2. The van der Waals surface area contributed by atoms with Crippen LogP contribution in [0.2, 0.25) is 0 Å². The number of urea groups is 1. The first-order valence-electron chi connectivity index (χ1n) is 14.7. The maximum absolute atomic E-state index is 14.3. The van der Waals surface area contributed by atoms with Gasteiger partial charge >= 0.3 is 6.03 Å². The fraction of sp³-hybridized carbons (Fsp3) is 0.312. The molecule has 2 atom stereocenters. The summed E-state index contributed by atoms with van der Waals surface area (Å²) < 4.78 is 33.8. The zero-order valence-corrected chi connectivity index (χ0v) is 24.5. The number of amides is 2. The third-order valence-electron chi connectivity index (χ3n) is 8.47. The molecule has 2 fully saturated rings. The molecule has 10 nitrogen and oxygen atoms in total. The van der Waals surface area contributed by atoms with Crippen molar-refractivity contribution in [2.45, 2.75) is 44.3 Å². The minimum Gasteiger partial charge on any atom is -0.333 e. The number of para-hydroxylation sites is 1. The van der Waals surface area contributed by atoms with Crippen LogP contribution in [-0.4, -0.2) is 59.2 Å². The number of anilines is 1. The van der Waals surface area contributed by atoms with Crippen LogP contribution in [-0.2, 0) is 13.6 Å². The first-order valence-corrected chi connectivity index (χ1v) is 14.7. The molecule has 0 unspecified atom stereocenters. The van der Waals surface area contributed by atoms with E-state index in [9.17, 15) is 13.6 Å². The molecule has 2 aliphatic rings. The van der Waals surface area contributed by atoms with Gasteiger partial charge in [0.25, 0.3) is 0 Å². The number of rotatable bonds is 8. The zero-order chi connectivity index (χ0) is 30.4. The van der Waals surface area contributed by atoms with Crippen molar-refractivity contribution in [1.82, 2.24) is 39.3 Å². The number of nitrogens with zero attached hydrogens (tertiary/aromatic N) is 7. The molecule has 1 saturated heterocycles. The van der Waals surface area contributed by atoms with Crippen molar-refractivity contribution in [3.8, 4) is 16.9 Å². The zero-order valence-electron chi connectivity index (χ0n) is 24.5. The number of carbonyl (C=O) groups is 1. The topological polar surface area (TPSA) is 97.8 Å². The standard InChI is InChI=1S/C32H33F2N9O/c1-20-30(22-15-36-40(2)16-22)39-43(24-6-4-3-5-7-24)31(20)38-32(44)37-28-18-41(19-29-35-12-13-42(29)23-9-10-23)17-25(28)21-8-11-26(33)27(34)14-21/h3-8,11-16,23,25,28H,9-10,17-19H2,1-2H3,(H2,37,38,44)/t25-,28+/m0/s1. The third kappa shape index (κ3) is 5.48. The van der Waals surface area contributed by atoms with Crippen LogP contribution in [0.15, 0.2) is 73.3 Å². The van der Waals surface area contributed by atoms with E-state index in [1.165, 1.54) is 6.07 Å². The van der Waals surface area contributed by atoms with Crippen molar-refractivity contribution >= 4 is 11.8 Å². The van der Waals surface area contributed by atoms with Crippen molar-refractivity contribution in [2.75, 3.05) is 18.4 Å². The number of halogens is 2. The number of hydrogen-bond donors (Lipinski definition) is 2. The van der Waals surface area contributed by atoms with Crippen molar-refractivity contribution in [1.29, 1.82) is 0 Å². The summed E-state index contributed by atoms with van der Waals surface area (Å²) in [6.07, 6.45) is 9.74. The second-order valence-corrected chi connectivity index (χ2v) is 11.6. The van der Waals surface area contributed by atoms with Crippen molar-refractivity contribution in [3.05, 3.63) is 102 Å². The van der Waals surface area contributed by atoms with Crippen LogP contribution in [0.4, 0.5) is 19.4 Å². The summed E-state index contributed by atoms with van der Waals surface area (Å²) in [5.41, 5.74) is 3.74. The first kappa shape index (κ1) is 28.0. The van der Waals surface area contributed by atoms with Crippen LogP contribution < -0.4 is 10.6 Å². The maximum atomic E-state index is 14.3. The van der Waals surface area contributed by atoms with Gasteiger partial charge in [0.2, 0.25) is 0 Å². The largest absolute Gasteiger partial charge is 0.333 e. The van der Waals surface area contributed by atoms with Gasteiger partial charge in [-0.15, -0.1) is 0 Å². The van der Waals surface area contributed by atoms with Gasteiger partial charge in [0, 0.05) is 61.8 Å². The van der Waals surface area contributed by atoms with E-state index >= 15 is 0 Å². The monoisotopic (exact) mass is 597 g/mol. The number of imidazole rings is 1. The number of carbonyl (C=O) groups excluding carboxylic acids is 1. The Hall–Kier alpha value is -4.84. The Morgan fingerprint density at radius 3 is 2.61 bits per heavy atom. The van der Waals surface area contributed by atoms with Crippen LogP contribution in [0.3, 0.4) is 0 Å². The van der Waals surface area contributed by atoms with Gasteiger partial charge in [0.05, 0.1) is 24.5 Å². The average molecular weight is 598 g/mol. The lowest BCUT2D eigenvalue weighted by Gasteiger charge is -2.21. The molecule has 1 aliphatic carbocycles. The molecule has 0 bridgehead atoms. The Balaban J connectivity index is 1.16. The highest BCUT2D eigenvalue weighted by Gasteiger charge is 2.37. The third-order valence-corrected chi connectivity index (χ3v) is 8.47. The second-order valence-electron chi connectivity index (χ2n) is 11.6. The number of nitrogens with one attached hydrogen (secondary N) is 2. The van der Waals surface area contributed by atoms with Gasteiger partial charge in [0.1, 0.15) is 17.3 Å². The molecular formula is C32H33F2N9O. The minimum atomic E-state index is -0.904. The van der Waals surface area contributed by atoms with Gasteiger partial charge in [-0.1, -0.05) is 24.3 Å². The minimum absolute atomic E-state index is 0.258. The average Bonchev–Trinajstić information content (AvgIpc) is 3.28. The molecule has 5 aromatic rings. The molecule has 12 heteroatoms. The Kier molecular flexibility index (Phi) is 7.21. The lowest BCUT2D eigenvalue weighted by Crippen LogP contribution is -2.42. The van der Waals surface area contributed by atoms with Crippen molar-refractivity contribution in [3.63, 3.8) is 0 Å². The lowest BCUT2D eigenvalue weighted by molar-refractivity contribution is 0.246. The Morgan fingerprint density at radius 2 is 1.89 bits per heavy atom. The van der Waals surface area contributed by atoms with Crippen LogP contribution in [0, 0.1) is 18.6 Å². The molecule has 226 valence electrons. The predicted molar refractivity (Wildman–Crippen MR) is 161 cm³/mol. The van der Waals surface area contributed by atoms with Crippen molar-refractivity contribution < 1.29 is 13.6 Å².